The molecular formula is C22H28O3. The molecule has 3 nitrogen and oxygen atoms in total. The van der Waals surface area contributed by atoms with E-state index in [4.69, 9.17) is 20.6 Å². The van der Waals surface area contributed by atoms with Gasteiger partial charge in [-0.05, 0) is 80.8 Å². The standard InChI is InChI=1S/C22H28O3/c1-4-15-6-7-19(20(11-15)25-21(23-3)24-5-2)22-12-16-8-17(13-22)10-18(9-16)14-22/h1,6-7,11,16-18,21H,5,8-10,12-14H2,2-3H3. The van der Waals surface area contributed by atoms with Crippen LogP contribution in [0.25, 0.3) is 0 Å². The molecule has 0 amide bonds. The Morgan fingerprint density at radius 2 is 1.80 bits per heavy atom. The molecule has 25 heavy (non-hydrogen) atoms. The van der Waals surface area contributed by atoms with Crippen molar-refractivity contribution in [2.45, 2.75) is 57.3 Å². The van der Waals surface area contributed by atoms with Crippen molar-refractivity contribution in [3.8, 4) is 18.1 Å². The van der Waals surface area contributed by atoms with Crippen molar-refractivity contribution in [1.29, 1.82) is 0 Å². The first kappa shape index (κ1) is 16.9. The summed E-state index contributed by atoms with van der Waals surface area (Å²) < 4.78 is 17.0. The smallest absolute Gasteiger partial charge is 0.315 e. The molecule has 1 aromatic rings. The van der Waals surface area contributed by atoms with E-state index in [2.05, 4.69) is 18.1 Å². The third kappa shape index (κ3) is 3.07. The third-order valence-corrected chi connectivity index (χ3v) is 6.48. The number of terminal acetylenes is 1. The third-order valence-electron chi connectivity index (χ3n) is 6.48. The molecular weight excluding hydrogens is 312 g/mol. The zero-order valence-electron chi connectivity index (χ0n) is 15.3. The molecule has 0 N–H and O–H groups in total. The maximum atomic E-state index is 6.13. The Labute approximate surface area is 151 Å². The molecule has 0 heterocycles. The van der Waals surface area contributed by atoms with Crippen LogP contribution >= 0.6 is 0 Å². The van der Waals surface area contributed by atoms with Crippen LogP contribution in [0, 0.1) is 30.1 Å². The number of rotatable bonds is 6. The summed E-state index contributed by atoms with van der Waals surface area (Å²) in [5.74, 6) is 6.23. The monoisotopic (exact) mass is 340 g/mol. The van der Waals surface area contributed by atoms with Crippen molar-refractivity contribution >= 4 is 0 Å². The lowest BCUT2D eigenvalue weighted by atomic mass is 9.48. The second-order valence-corrected chi connectivity index (χ2v) is 8.15. The van der Waals surface area contributed by atoms with Crippen molar-refractivity contribution in [3.05, 3.63) is 29.3 Å². The lowest BCUT2D eigenvalue weighted by molar-refractivity contribution is -0.231. The summed E-state index contributed by atoms with van der Waals surface area (Å²) >= 11 is 0. The molecule has 3 heteroatoms. The average Bonchev–Trinajstić information content (AvgIpc) is 2.60. The maximum absolute atomic E-state index is 6.13. The molecule has 0 aromatic heterocycles. The van der Waals surface area contributed by atoms with Crippen molar-refractivity contribution in [2.75, 3.05) is 13.7 Å². The molecule has 4 saturated carbocycles. The van der Waals surface area contributed by atoms with E-state index < -0.39 is 6.48 Å². The van der Waals surface area contributed by atoms with E-state index in [9.17, 15) is 0 Å². The Morgan fingerprint density at radius 1 is 1.16 bits per heavy atom. The maximum Gasteiger partial charge on any atom is 0.315 e. The second kappa shape index (κ2) is 6.67. The molecule has 0 saturated heterocycles. The lowest BCUT2D eigenvalue weighted by Gasteiger charge is -2.57. The summed E-state index contributed by atoms with van der Waals surface area (Å²) in [6.07, 6.45) is 13.8. The first-order chi connectivity index (χ1) is 12.2. The first-order valence-electron chi connectivity index (χ1n) is 9.58. The Balaban J connectivity index is 1.70. The van der Waals surface area contributed by atoms with E-state index in [-0.39, 0.29) is 5.41 Å². The van der Waals surface area contributed by atoms with Gasteiger partial charge in [0.2, 0.25) is 0 Å². The lowest BCUT2D eigenvalue weighted by Crippen LogP contribution is -2.48. The molecule has 4 bridgehead atoms. The number of benzene rings is 1. The SMILES string of the molecule is C#Cc1ccc(C23CC4CC(CC(C4)C2)C3)c(OC(OC)OCC)c1. The largest absolute Gasteiger partial charge is 0.441 e. The predicted molar refractivity (Wildman–Crippen MR) is 97.3 cm³/mol. The minimum absolute atomic E-state index is 0.252. The van der Waals surface area contributed by atoms with E-state index in [1.54, 1.807) is 7.11 Å². The van der Waals surface area contributed by atoms with Crippen molar-refractivity contribution in [1.82, 2.24) is 0 Å². The van der Waals surface area contributed by atoms with Crippen LogP contribution in [0.4, 0.5) is 0 Å². The topological polar surface area (TPSA) is 27.7 Å². The van der Waals surface area contributed by atoms with E-state index in [1.165, 1.54) is 44.1 Å². The van der Waals surface area contributed by atoms with Crippen molar-refractivity contribution in [2.24, 2.45) is 17.8 Å². The molecule has 0 aliphatic heterocycles. The van der Waals surface area contributed by atoms with Crippen LogP contribution in [0.2, 0.25) is 0 Å². The first-order valence-corrected chi connectivity index (χ1v) is 9.58. The highest BCUT2D eigenvalue weighted by Crippen LogP contribution is 2.61. The highest BCUT2D eigenvalue weighted by atomic mass is 16.8. The van der Waals surface area contributed by atoms with Crippen LogP contribution in [0.15, 0.2) is 18.2 Å². The van der Waals surface area contributed by atoms with Crippen LogP contribution in [-0.4, -0.2) is 20.2 Å². The van der Waals surface area contributed by atoms with Gasteiger partial charge < -0.3 is 14.2 Å². The van der Waals surface area contributed by atoms with Gasteiger partial charge in [0.1, 0.15) is 5.75 Å². The summed E-state index contributed by atoms with van der Waals surface area (Å²) in [4.78, 5) is 0. The summed E-state index contributed by atoms with van der Waals surface area (Å²) in [5.41, 5.74) is 2.41. The van der Waals surface area contributed by atoms with Gasteiger partial charge in [-0.15, -0.1) is 6.42 Å². The molecule has 4 fully saturated rings. The van der Waals surface area contributed by atoms with Crippen LogP contribution in [0.3, 0.4) is 0 Å². The molecule has 0 radical (unpaired) electrons. The minimum Gasteiger partial charge on any atom is -0.441 e. The number of ether oxygens (including phenoxy) is 3. The quantitative estimate of drug-likeness (QED) is 0.564. The van der Waals surface area contributed by atoms with Gasteiger partial charge in [0, 0.05) is 18.2 Å². The molecule has 4 aliphatic rings. The Bertz CT molecular complexity index is 637. The molecule has 1 atom stereocenters. The van der Waals surface area contributed by atoms with Crippen LogP contribution in [0.1, 0.15) is 56.6 Å². The van der Waals surface area contributed by atoms with Crippen LogP contribution in [-0.2, 0) is 14.9 Å². The van der Waals surface area contributed by atoms with Gasteiger partial charge in [-0.1, -0.05) is 12.0 Å². The number of methoxy groups -OCH3 is 1. The highest BCUT2D eigenvalue weighted by Gasteiger charge is 2.52. The summed E-state index contributed by atoms with van der Waals surface area (Å²) in [7, 11) is 1.61. The second-order valence-electron chi connectivity index (χ2n) is 8.15. The number of hydrogen-bond donors (Lipinski definition) is 0. The van der Waals surface area contributed by atoms with E-state index in [1.807, 2.05) is 13.0 Å². The van der Waals surface area contributed by atoms with Gasteiger partial charge >= 0.3 is 6.48 Å². The van der Waals surface area contributed by atoms with E-state index >= 15 is 0 Å². The molecule has 1 unspecified atom stereocenters. The Morgan fingerprint density at radius 3 is 2.32 bits per heavy atom. The minimum atomic E-state index is -0.689. The van der Waals surface area contributed by atoms with Gasteiger partial charge in [0.15, 0.2) is 0 Å². The van der Waals surface area contributed by atoms with Gasteiger partial charge in [0.25, 0.3) is 0 Å². The Kier molecular flexibility index (Phi) is 4.52. The van der Waals surface area contributed by atoms with Crippen molar-refractivity contribution in [3.63, 3.8) is 0 Å². The predicted octanol–water partition coefficient (Wildman–Crippen LogP) is 4.48. The zero-order chi connectivity index (χ0) is 17.4. The molecule has 4 aliphatic carbocycles. The van der Waals surface area contributed by atoms with Gasteiger partial charge in [-0.25, -0.2) is 0 Å². The normalized spacial score (nSPS) is 33.9. The number of hydrogen-bond acceptors (Lipinski definition) is 3. The average molecular weight is 340 g/mol. The van der Waals surface area contributed by atoms with Crippen LogP contribution < -0.4 is 4.74 Å². The highest BCUT2D eigenvalue weighted by molar-refractivity contribution is 5.48. The Hall–Kier alpha value is -1.50. The fourth-order valence-corrected chi connectivity index (χ4v) is 5.98. The molecule has 0 spiro atoms. The van der Waals surface area contributed by atoms with Gasteiger partial charge in [0.05, 0.1) is 6.61 Å². The van der Waals surface area contributed by atoms with E-state index in [0.29, 0.717) is 6.61 Å². The fraction of sp³-hybridized carbons (Fsp3) is 0.636. The zero-order valence-corrected chi connectivity index (χ0v) is 15.3. The summed E-state index contributed by atoms with van der Waals surface area (Å²) in [6, 6.07) is 6.25. The van der Waals surface area contributed by atoms with Crippen molar-refractivity contribution < 1.29 is 14.2 Å². The summed E-state index contributed by atoms with van der Waals surface area (Å²) in [5, 5.41) is 0. The van der Waals surface area contributed by atoms with Gasteiger partial charge in [-0.2, -0.15) is 0 Å². The molecule has 1 aromatic carbocycles. The molecule has 5 rings (SSSR count). The van der Waals surface area contributed by atoms with Gasteiger partial charge in [-0.3, -0.25) is 0 Å². The summed E-state index contributed by atoms with van der Waals surface area (Å²) in [6.45, 7) is 1.79. The molecule has 134 valence electrons. The fourth-order valence-electron chi connectivity index (χ4n) is 5.98. The van der Waals surface area contributed by atoms with Crippen LogP contribution in [0.5, 0.6) is 5.75 Å². The van der Waals surface area contributed by atoms with E-state index in [0.717, 1.165) is 29.1 Å².